The van der Waals surface area contributed by atoms with Gasteiger partial charge in [0, 0.05) is 37.0 Å². The highest BCUT2D eigenvalue weighted by molar-refractivity contribution is 7.25. The minimum atomic E-state index is 1.10. The zero-order valence-electron chi connectivity index (χ0n) is 29.6. The number of hydrogen-bond acceptors (Lipinski definition) is 2. The van der Waals surface area contributed by atoms with Crippen molar-refractivity contribution in [3.63, 3.8) is 0 Å². The van der Waals surface area contributed by atoms with Gasteiger partial charge in [0.2, 0.25) is 0 Å². The van der Waals surface area contributed by atoms with Crippen LogP contribution in [0.2, 0.25) is 0 Å². The lowest BCUT2D eigenvalue weighted by molar-refractivity contribution is 1.28. The van der Waals surface area contributed by atoms with E-state index in [2.05, 4.69) is 217 Å². The maximum Gasteiger partial charge on any atom is 0.0540 e. The fourth-order valence-corrected chi connectivity index (χ4v) is 8.98. The van der Waals surface area contributed by atoms with Crippen LogP contribution >= 0.6 is 11.3 Å². The topological polar surface area (TPSA) is 3.24 Å². The van der Waals surface area contributed by atoms with Gasteiger partial charge in [0.05, 0.1) is 11.4 Å². The first-order valence-electron chi connectivity index (χ1n) is 18.4. The van der Waals surface area contributed by atoms with E-state index in [4.69, 9.17) is 0 Å². The van der Waals surface area contributed by atoms with Gasteiger partial charge in [0.1, 0.15) is 0 Å². The molecule has 1 heterocycles. The van der Waals surface area contributed by atoms with Gasteiger partial charge < -0.3 is 4.90 Å². The minimum Gasteiger partial charge on any atom is -0.309 e. The van der Waals surface area contributed by atoms with Gasteiger partial charge in [-0.05, 0) is 86.6 Å². The van der Waals surface area contributed by atoms with Gasteiger partial charge in [-0.1, -0.05) is 170 Å². The Bertz CT molecular complexity index is 2930. The second-order valence-corrected chi connectivity index (χ2v) is 14.8. The summed E-state index contributed by atoms with van der Waals surface area (Å²) >= 11 is 1.86. The van der Waals surface area contributed by atoms with Gasteiger partial charge >= 0.3 is 0 Å². The number of benzene rings is 9. The second kappa shape index (κ2) is 13.7. The van der Waals surface area contributed by atoms with Crippen molar-refractivity contribution in [3.8, 4) is 44.5 Å². The molecule has 0 radical (unpaired) electrons. The van der Waals surface area contributed by atoms with E-state index in [0.717, 1.165) is 17.1 Å². The number of nitrogens with zero attached hydrogens (tertiary/aromatic N) is 1. The van der Waals surface area contributed by atoms with Gasteiger partial charge in [0.15, 0.2) is 0 Å². The molecule has 0 aliphatic heterocycles. The Morgan fingerprint density at radius 1 is 0.296 bits per heavy atom. The molecule has 0 N–H and O–H groups in total. The van der Waals surface area contributed by atoms with Gasteiger partial charge in [-0.3, -0.25) is 0 Å². The normalized spacial score (nSPS) is 11.3. The lowest BCUT2D eigenvalue weighted by Gasteiger charge is -2.30. The number of para-hydroxylation sites is 2. The van der Waals surface area contributed by atoms with Crippen LogP contribution in [0.15, 0.2) is 212 Å². The molecule has 0 aliphatic carbocycles. The fraction of sp³-hybridized carbons (Fsp3) is 0. The van der Waals surface area contributed by atoms with E-state index in [1.165, 1.54) is 75.5 Å². The summed E-state index contributed by atoms with van der Waals surface area (Å²) in [5, 5.41) is 5.13. The summed E-state index contributed by atoms with van der Waals surface area (Å²) in [5.41, 5.74) is 12.9. The highest BCUT2D eigenvalue weighted by atomic mass is 32.1. The molecule has 2 heteroatoms. The fourth-order valence-electron chi connectivity index (χ4n) is 7.89. The first-order chi connectivity index (χ1) is 26.8. The number of anilines is 3. The third kappa shape index (κ3) is 5.74. The van der Waals surface area contributed by atoms with E-state index < -0.39 is 0 Å². The van der Waals surface area contributed by atoms with Crippen LogP contribution in [-0.4, -0.2) is 0 Å². The van der Waals surface area contributed by atoms with Crippen molar-refractivity contribution in [2.45, 2.75) is 0 Å². The van der Waals surface area contributed by atoms with Gasteiger partial charge in [-0.2, -0.15) is 0 Å². The molecule has 254 valence electrons. The van der Waals surface area contributed by atoms with E-state index in [-0.39, 0.29) is 0 Å². The van der Waals surface area contributed by atoms with Crippen LogP contribution in [0.4, 0.5) is 17.1 Å². The predicted molar refractivity (Wildman–Crippen MR) is 233 cm³/mol. The van der Waals surface area contributed by atoms with Crippen molar-refractivity contribution >= 4 is 59.3 Å². The lowest BCUT2D eigenvalue weighted by atomic mass is 9.95. The molecule has 0 saturated heterocycles. The van der Waals surface area contributed by atoms with Crippen molar-refractivity contribution in [1.29, 1.82) is 0 Å². The van der Waals surface area contributed by atoms with Crippen molar-refractivity contribution in [2.24, 2.45) is 0 Å². The quantitative estimate of drug-likeness (QED) is 0.160. The average Bonchev–Trinajstić information content (AvgIpc) is 3.63. The molecule has 0 saturated carbocycles. The van der Waals surface area contributed by atoms with Gasteiger partial charge in [-0.25, -0.2) is 0 Å². The summed E-state index contributed by atoms with van der Waals surface area (Å²) in [6, 6.07) is 77.2. The number of rotatable bonds is 7. The molecule has 1 aromatic heterocycles. The Morgan fingerprint density at radius 2 is 0.833 bits per heavy atom. The van der Waals surface area contributed by atoms with Crippen molar-refractivity contribution in [2.75, 3.05) is 4.90 Å². The lowest BCUT2D eigenvalue weighted by Crippen LogP contribution is -2.12. The van der Waals surface area contributed by atoms with Crippen LogP contribution in [0.1, 0.15) is 0 Å². The first kappa shape index (κ1) is 32.0. The van der Waals surface area contributed by atoms with E-state index in [0.29, 0.717) is 0 Å². The SMILES string of the molecule is c1ccc(-c2ccccc2N(c2cccc(-c3ccc(-c4cccc5ccccc45)cc3)c2)c2ccccc2-c2ccc3sc4ccccc4c3c2)cc1. The van der Waals surface area contributed by atoms with Crippen LogP contribution in [-0.2, 0) is 0 Å². The molecule has 10 rings (SSSR count). The van der Waals surface area contributed by atoms with E-state index in [9.17, 15) is 0 Å². The summed E-state index contributed by atoms with van der Waals surface area (Å²) in [4.78, 5) is 2.45. The van der Waals surface area contributed by atoms with Crippen LogP contribution in [0.5, 0.6) is 0 Å². The Kier molecular flexibility index (Phi) is 8.09. The molecule has 0 aliphatic rings. The monoisotopic (exact) mass is 705 g/mol. The highest BCUT2D eigenvalue weighted by Crippen LogP contribution is 2.46. The average molecular weight is 706 g/mol. The molecule has 54 heavy (non-hydrogen) atoms. The number of hydrogen-bond donors (Lipinski definition) is 0. The summed E-state index contributed by atoms with van der Waals surface area (Å²) in [7, 11) is 0. The summed E-state index contributed by atoms with van der Waals surface area (Å²) in [5.74, 6) is 0. The molecule has 0 amide bonds. The third-order valence-corrected chi connectivity index (χ3v) is 11.6. The van der Waals surface area contributed by atoms with Gasteiger partial charge in [-0.15, -0.1) is 11.3 Å². The van der Waals surface area contributed by atoms with Crippen molar-refractivity contribution < 1.29 is 0 Å². The molecule has 10 aromatic rings. The van der Waals surface area contributed by atoms with Crippen LogP contribution < -0.4 is 4.90 Å². The van der Waals surface area contributed by atoms with Crippen LogP contribution in [0, 0.1) is 0 Å². The molecular weight excluding hydrogens is 671 g/mol. The summed E-state index contributed by atoms with van der Waals surface area (Å²) < 4.78 is 2.63. The number of thiophene rings is 1. The van der Waals surface area contributed by atoms with Crippen LogP contribution in [0.25, 0.3) is 75.5 Å². The molecule has 9 aromatic carbocycles. The van der Waals surface area contributed by atoms with E-state index in [1.54, 1.807) is 0 Å². The molecule has 0 atom stereocenters. The first-order valence-corrected chi connectivity index (χ1v) is 19.2. The highest BCUT2D eigenvalue weighted by Gasteiger charge is 2.21. The Labute approximate surface area is 319 Å². The Balaban J connectivity index is 1.13. The standard InChI is InChI=1S/C52H35NS/c1-2-14-38(15-3-1)45-21-6-9-25-49(45)53(50-26-10-7-22-46(50)41-32-33-52-48(35-41)47-23-8-11-27-51(47)54-52)42-19-12-18-40(34-42)36-28-30-39(31-29-36)44-24-13-17-37-16-4-5-20-43(37)44/h1-35H. The predicted octanol–water partition coefficient (Wildman–Crippen LogP) is 15.3. The van der Waals surface area contributed by atoms with Crippen molar-refractivity contribution in [1.82, 2.24) is 0 Å². The second-order valence-electron chi connectivity index (χ2n) is 13.7. The Hall–Kier alpha value is -6.74. The largest absolute Gasteiger partial charge is 0.309 e. The summed E-state index contributed by atoms with van der Waals surface area (Å²) in [6.45, 7) is 0. The van der Waals surface area contributed by atoms with Crippen molar-refractivity contribution in [3.05, 3.63) is 212 Å². The molecule has 0 fully saturated rings. The zero-order chi connectivity index (χ0) is 35.8. The van der Waals surface area contributed by atoms with Crippen LogP contribution in [0.3, 0.4) is 0 Å². The summed E-state index contributed by atoms with van der Waals surface area (Å²) in [6.07, 6.45) is 0. The Morgan fingerprint density at radius 3 is 1.65 bits per heavy atom. The maximum atomic E-state index is 2.45. The van der Waals surface area contributed by atoms with Gasteiger partial charge in [0.25, 0.3) is 0 Å². The minimum absolute atomic E-state index is 1.10. The maximum absolute atomic E-state index is 2.45. The zero-order valence-corrected chi connectivity index (χ0v) is 30.4. The van der Waals surface area contributed by atoms with E-state index >= 15 is 0 Å². The molecule has 1 nitrogen and oxygen atoms in total. The molecule has 0 spiro atoms. The number of fused-ring (bicyclic) bond motifs is 4. The molecule has 0 bridgehead atoms. The third-order valence-electron chi connectivity index (χ3n) is 10.5. The molecule has 0 unspecified atom stereocenters. The molecular formula is C52H35NS. The smallest absolute Gasteiger partial charge is 0.0540 e. The van der Waals surface area contributed by atoms with E-state index in [1.807, 2.05) is 11.3 Å².